The summed E-state index contributed by atoms with van der Waals surface area (Å²) in [6, 6.07) is 4.99. The Kier molecular flexibility index (Phi) is 3.64. The van der Waals surface area contributed by atoms with Crippen LogP contribution >= 0.6 is 0 Å². The first-order chi connectivity index (χ1) is 8.11. The fourth-order valence-electron chi connectivity index (χ4n) is 2.25. The van der Waals surface area contributed by atoms with Gasteiger partial charge in [0.1, 0.15) is 5.82 Å². The highest BCUT2D eigenvalue weighted by molar-refractivity contribution is 5.56. The molecule has 1 aromatic carbocycles. The number of nitrogens with zero attached hydrogens (tertiary/aromatic N) is 1. The second-order valence-electron chi connectivity index (χ2n) is 4.48. The van der Waals surface area contributed by atoms with Crippen molar-refractivity contribution in [1.29, 1.82) is 0 Å². The molecule has 1 N–H and O–H groups in total. The minimum atomic E-state index is -0.675. The normalized spacial score (nSPS) is 21.5. The van der Waals surface area contributed by atoms with Gasteiger partial charge in [-0.05, 0) is 19.4 Å². The predicted octanol–water partition coefficient (Wildman–Crippen LogP) is 2.10. The number of ether oxygens (including phenoxy) is 1. The van der Waals surface area contributed by atoms with E-state index in [-0.39, 0.29) is 11.9 Å². The molecule has 1 aliphatic rings. The summed E-state index contributed by atoms with van der Waals surface area (Å²) >= 11 is 0. The molecule has 3 nitrogen and oxygen atoms in total. The first kappa shape index (κ1) is 12.3. The first-order valence-corrected chi connectivity index (χ1v) is 5.88. The standard InChI is InChI=1S/C13H18FNO2/c1-9(16)11-4-3-5-12(14)13(11)15(2)10-6-7-17-8-10/h3-5,9-10,16H,6-8H2,1-2H3. The molecule has 1 fully saturated rings. The maximum atomic E-state index is 13.9. The number of aliphatic hydroxyl groups is 1. The van der Waals surface area contributed by atoms with E-state index in [1.807, 2.05) is 11.9 Å². The second-order valence-corrected chi connectivity index (χ2v) is 4.48. The molecule has 0 aromatic heterocycles. The summed E-state index contributed by atoms with van der Waals surface area (Å²) < 4.78 is 19.2. The van der Waals surface area contributed by atoms with Crippen molar-refractivity contribution >= 4 is 5.69 Å². The van der Waals surface area contributed by atoms with Gasteiger partial charge in [-0.1, -0.05) is 12.1 Å². The van der Waals surface area contributed by atoms with Crippen LogP contribution in [0.15, 0.2) is 18.2 Å². The molecule has 0 aliphatic carbocycles. The molecule has 1 heterocycles. The van der Waals surface area contributed by atoms with Gasteiger partial charge < -0.3 is 14.7 Å². The van der Waals surface area contributed by atoms with Crippen molar-refractivity contribution < 1.29 is 14.2 Å². The van der Waals surface area contributed by atoms with Crippen LogP contribution in [0.25, 0.3) is 0 Å². The van der Waals surface area contributed by atoms with E-state index in [2.05, 4.69) is 0 Å². The number of hydrogen-bond donors (Lipinski definition) is 1. The van der Waals surface area contributed by atoms with Crippen molar-refractivity contribution in [2.75, 3.05) is 25.2 Å². The Morgan fingerprint density at radius 1 is 1.53 bits per heavy atom. The summed E-state index contributed by atoms with van der Waals surface area (Å²) in [5, 5.41) is 9.70. The van der Waals surface area contributed by atoms with Crippen LogP contribution in [-0.4, -0.2) is 31.4 Å². The average Bonchev–Trinajstić information content (AvgIpc) is 2.81. The molecule has 17 heavy (non-hydrogen) atoms. The van der Waals surface area contributed by atoms with E-state index >= 15 is 0 Å². The Labute approximate surface area is 101 Å². The Morgan fingerprint density at radius 3 is 2.88 bits per heavy atom. The molecule has 4 heteroatoms. The lowest BCUT2D eigenvalue weighted by Gasteiger charge is -2.28. The van der Waals surface area contributed by atoms with Crippen molar-refractivity contribution in [3.63, 3.8) is 0 Å². The van der Waals surface area contributed by atoms with Crippen LogP contribution < -0.4 is 4.90 Å². The zero-order valence-corrected chi connectivity index (χ0v) is 10.2. The molecular formula is C13H18FNO2. The molecule has 2 atom stereocenters. The molecule has 0 amide bonds. The van der Waals surface area contributed by atoms with Crippen molar-refractivity contribution in [3.8, 4) is 0 Å². The molecule has 0 radical (unpaired) electrons. The molecule has 2 unspecified atom stereocenters. The number of rotatable bonds is 3. The zero-order chi connectivity index (χ0) is 12.4. The molecular weight excluding hydrogens is 221 g/mol. The van der Waals surface area contributed by atoms with Gasteiger partial charge in [0.15, 0.2) is 0 Å². The maximum Gasteiger partial charge on any atom is 0.146 e. The van der Waals surface area contributed by atoms with Crippen LogP contribution in [0, 0.1) is 5.82 Å². The Hall–Kier alpha value is -1.13. The fourth-order valence-corrected chi connectivity index (χ4v) is 2.25. The monoisotopic (exact) mass is 239 g/mol. The molecule has 1 aromatic rings. The van der Waals surface area contributed by atoms with Crippen molar-refractivity contribution in [2.24, 2.45) is 0 Å². The third kappa shape index (κ3) is 2.42. The van der Waals surface area contributed by atoms with E-state index in [1.54, 1.807) is 19.1 Å². The van der Waals surface area contributed by atoms with Gasteiger partial charge in [-0.2, -0.15) is 0 Å². The van der Waals surface area contributed by atoms with Crippen molar-refractivity contribution in [2.45, 2.75) is 25.5 Å². The largest absolute Gasteiger partial charge is 0.389 e. The van der Waals surface area contributed by atoms with Crippen LogP contribution in [0.3, 0.4) is 0 Å². The van der Waals surface area contributed by atoms with Gasteiger partial charge >= 0.3 is 0 Å². The number of likely N-dealkylation sites (N-methyl/N-ethyl adjacent to an activating group) is 1. The van der Waals surface area contributed by atoms with Crippen LogP contribution in [-0.2, 0) is 4.74 Å². The molecule has 2 rings (SSSR count). The van der Waals surface area contributed by atoms with Gasteiger partial charge in [-0.15, -0.1) is 0 Å². The Morgan fingerprint density at radius 2 is 2.29 bits per heavy atom. The quantitative estimate of drug-likeness (QED) is 0.876. The van der Waals surface area contributed by atoms with Gasteiger partial charge in [0, 0.05) is 19.2 Å². The summed E-state index contributed by atoms with van der Waals surface area (Å²) in [7, 11) is 1.85. The number of aliphatic hydroxyl groups excluding tert-OH is 1. The van der Waals surface area contributed by atoms with E-state index in [4.69, 9.17) is 4.74 Å². The van der Waals surface area contributed by atoms with Crippen LogP contribution in [0.2, 0.25) is 0 Å². The van der Waals surface area contributed by atoms with Gasteiger partial charge in [0.05, 0.1) is 24.4 Å². The van der Waals surface area contributed by atoms with Crippen LogP contribution in [0.1, 0.15) is 25.0 Å². The zero-order valence-electron chi connectivity index (χ0n) is 10.2. The molecule has 94 valence electrons. The number of benzene rings is 1. The topological polar surface area (TPSA) is 32.7 Å². The molecule has 0 bridgehead atoms. The molecule has 1 aliphatic heterocycles. The third-order valence-corrected chi connectivity index (χ3v) is 3.27. The van der Waals surface area contributed by atoms with E-state index in [9.17, 15) is 9.50 Å². The van der Waals surface area contributed by atoms with Crippen molar-refractivity contribution in [1.82, 2.24) is 0 Å². The minimum Gasteiger partial charge on any atom is -0.389 e. The average molecular weight is 239 g/mol. The number of para-hydroxylation sites is 1. The van der Waals surface area contributed by atoms with Gasteiger partial charge in [0.25, 0.3) is 0 Å². The van der Waals surface area contributed by atoms with Crippen LogP contribution in [0.4, 0.5) is 10.1 Å². The summed E-state index contributed by atoms with van der Waals surface area (Å²) in [5.74, 6) is -0.294. The van der Waals surface area contributed by atoms with E-state index < -0.39 is 6.10 Å². The van der Waals surface area contributed by atoms with Gasteiger partial charge in [0.2, 0.25) is 0 Å². The summed E-state index contributed by atoms with van der Waals surface area (Å²) in [6.45, 7) is 2.98. The lowest BCUT2D eigenvalue weighted by atomic mass is 10.1. The summed E-state index contributed by atoms with van der Waals surface area (Å²) in [6.07, 6.45) is 0.217. The summed E-state index contributed by atoms with van der Waals surface area (Å²) in [4.78, 5) is 1.88. The molecule has 0 saturated carbocycles. The predicted molar refractivity (Wildman–Crippen MR) is 64.7 cm³/mol. The number of halogens is 1. The first-order valence-electron chi connectivity index (χ1n) is 5.88. The third-order valence-electron chi connectivity index (χ3n) is 3.27. The fraction of sp³-hybridized carbons (Fsp3) is 0.538. The molecule has 1 saturated heterocycles. The summed E-state index contributed by atoms with van der Waals surface area (Å²) in [5.41, 5.74) is 1.11. The highest BCUT2D eigenvalue weighted by Gasteiger charge is 2.25. The maximum absolute atomic E-state index is 13.9. The van der Waals surface area contributed by atoms with Gasteiger partial charge in [-0.3, -0.25) is 0 Å². The highest BCUT2D eigenvalue weighted by Crippen LogP contribution is 2.31. The minimum absolute atomic E-state index is 0.185. The van der Waals surface area contributed by atoms with E-state index in [0.29, 0.717) is 24.5 Å². The Bertz CT molecular complexity index is 389. The number of hydrogen-bond acceptors (Lipinski definition) is 3. The Balaban J connectivity index is 2.35. The molecule has 0 spiro atoms. The van der Waals surface area contributed by atoms with E-state index in [0.717, 1.165) is 6.42 Å². The smallest absolute Gasteiger partial charge is 0.146 e. The number of anilines is 1. The highest BCUT2D eigenvalue weighted by atomic mass is 19.1. The lowest BCUT2D eigenvalue weighted by molar-refractivity contribution is 0.192. The van der Waals surface area contributed by atoms with Crippen LogP contribution in [0.5, 0.6) is 0 Å². The van der Waals surface area contributed by atoms with E-state index in [1.165, 1.54) is 6.07 Å². The lowest BCUT2D eigenvalue weighted by Crippen LogP contribution is -2.33. The van der Waals surface area contributed by atoms with Gasteiger partial charge in [-0.25, -0.2) is 4.39 Å². The van der Waals surface area contributed by atoms with Crippen molar-refractivity contribution in [3.05, 3.63) is 29.6 Å². The second kappa shape index (κ2) is 5.02. The SMILES string of the molecule is CC(O)c1cccc(F)c1N(C)C1CCOC1.